The SMILES string of the molecule is S=C([S-])N(CCN(Cc1ccccc1)C(=S)[S-])Cc1ccccc1.[K+].[K+]. The van der Waals surface area contributed by atoms with Crippen molar-refractivity contribution in [2.75, 3.05) is 13.1 Å². The van der Waals surface area contributed by atoms with Crippen LogP contribution in [0, 0.1) is 0 Å². The zero-order chi connectivity index (χ0) is 17.4. The van der Waals surface area contributed by atoms with Crippen molar-refractivity contribution in [1.29, 1.82) is 0 Å². The molecule has 2 nitrogen and oxygen atoms in total. The molecule has 2 aromatic rings. The van der Waals surface area contributed by atoms with Crippen LogP contribution in [0.4, 0.5) is 0 Å². The van der Waals surface area contributed by atoms with Gasteiger partial charge in [-0.2, -0.15) is 0 Å². The monoisotopic (exact) mass is 468 g/mol. The average Bonchev–Trinajstić information content (AvgIpc) is 2.58. The number of hydrogen-bond donors (Lipinski definition) is 0. The predicted molar refractivity (Wildman–Crippen MR) is 114 cm³/mol. The van der Waals surface area contributed by atoms with Crippen molar-refractivity contribution in [3.8, 4) is 0 Å². The Hall–Kier alpha value is 1.93. The van der Waals surface area contributed by atoms with Gasteiger partial charge in [0.1, 0.15) is 0 Å². The van der Waals surface area contributed by atoms with Crippen molar-refractivity contribution < 1.29 is 103 Å². The summed E-state index contributed by atoms with van der Waals surface area (Å²) in [4.78, 5) is 4.01. The molecule has 0 saturated heterocycles. The first-order valence-electron chi connectivity index (χ1n) is 7.56. The smallest absolute Gasteiger partial charge is 0.411 e. The minimum absolute atomic E-state index is 0. The van der Waals surface area contributed by atoms with Gasteiger partial charge in [-0.1, -0.05) is 69.3 Å². The van der Waals surface area contributed by atoms with Gasteiger partial charge in [0.05, 0.1) is 0 Å². The molecule has 26 heavy (non-hydrogen) atoms. The normalized spacial score (nSPS) is 9.38. The molecule has 0 fully saturated rings. The molecule has 2 rings (SSSR count). The van der Waals surface area contributed by atoms with E-state index in [4.69, 9.17) is 49.7 Å². The Morgan fingerprint density at radius 1 is 0.654 bits per heavy atom. The molecule has 126 valence electrons. The molecule has 0 heterocycles. The topological polar surface area (TPSA) is 6.48 Å². The van der Waals surface area contributed by atoms with Crippen LogP contribution in [-0.2, 0) is 38.3 Å². The Bertz CT molecular complexity index is 612. The van der Waals surface area contributed by atoms with Gasteiger partial charge < -0.3 is 59.5 Å². The molecule has 2 aromatic carbocycles. The molecule has 0 atom stereocenters. The summed E-state index contributed by atoms with van der Waals surface area (Å²) in [6.45, 7) is 2.79. The van der Waals surface area contributed by atoms with Crippen molar-refractivity contribution >= 4 is 58.3 Å². The molecule has 0 aromatic heterocycles. The van der Waals surface area contributed by atoms with Crippen molar-refractivity contribution in [3.63, 3.8) is 0 Å². The second kappa shape index (κ2) is 15.7. The second-order valence-corrected chi connectivity index (χ2v) is 7.41. The van der Waals surface area contributed by atoms with E-state index in [2.05, 4.69) is 24.3 Å². The quantitative estimate of drug-likeness (QED) is 0.254. The van der Waals surface area contributed by atoms with E-state index in [0.717, 1.165) is 0 Å². The molecular formula is C18H18K2N2S4. The third-order valence-electron chi connectivity index (χ3n) is 3.59. The van der Waals surface area contributed by atoms with Crippen LogP contribution >= 0.6 is 24.4 Å². The van der Waals surface area contributed by atoms with E-state index in [9.17, 15) is 0 Å². The fraction of sp³-hybridized carbons (Fsp3) is 0.222. The summed E-state index contributed by atoms with van der Waals surface area (Å²) in [5, 5.41) is 0. The molecule has 0 N–H and O–H groups in total. The summed E-state index contributed by atoms with van der Waals surface area (Å²) >= 11 is 20.9. The Kier molecular flexibility index (Phi) is 16.9. The van der Waals surface area contributed by atoms with Crippen LogP contribution in [0.2, 0.25) is 0 Å². The van der Waals surface area contributed by atoms with Gasteiger partial charge in [-0.15, -0.1) is 0 Å². The molecule has 0 aliphatic heterocycles. The van der Waals surface area contributed by atoms with E-state index in [1.54, 1.807) is 0 Å². The van der Waals surface area contributed by atoms with Crippen LogP contribution in [0.3, 0.4) is 0 Å². The average molecular weight is 469 g/mol. The zero-order valence-electron chi connectivity index (χ0n) is 15.1. The van der Waals surface area contributed by atoms with E-state index in [1.165, 1.54) is 11.1 Å². The third kappa shape index (κ3) is 10.6. The standard InChI is InChI=1S/C18H20N2S4.2K/c21-17(22)19(13-15-7-3-1-4-8-15)11-12-20(18(23)24)14-16-9-5-2-6-10-16;;/h1-10H,11-14H2,(H,21,22)(H,23,24);;/q;2*+1/p-2. The molecule has 0 spiro atoms. The predicted octanol–water partition coefficient (Wildman–Crippen LogP) is -2.34. The Morgan fingerprint density at radius 2 is 0.962 bits per heavy atom. The summed E-state index contributed by atoms with van der Waals surface area (Å²) in [6, 6.07) is 20.3. The summed E-state index contributed by atoms with van der Waals surface area (Å²) in [5.74, 6) is 0. The van der Waals surface area contributed by atoms with Gasteiger partial charge in [-0.25, -0.2) is 0 Å². The molecule has 0 bridgehead atoms. The van der Waals surface area contributed by atoms with Gasteiger partial charge in [0, 0.05) is 26.2 Å². The maximum atomic E-state index is 5.23. The third-order valence-corrected chi connectivity index (χ3v) is 4.62. The maximum absolute atomic E-state index is 5.23. The molecule has 0 saturated carbocycles. The first-order valence-corrected chi connectivity index (χ1v) is 9.19. The van der Waals surface area contributed by atoms with Gasteiger partial charge in [-0.05, 0) is 11.1 Å². The summed E-state index contributed by atoms with van der Waals surface area (Å²) < 4.78 is 0.933. The Morgan fingerprint density at radius 3 is 1.23 bits per heavy atom. The molecule has 0 radical (unpaired) electrons. The van der Waals surface area contributed by atoms with Gasteiger partial charge in [0.25, 0.3) is 0 Å². The minimum Gasteiger partial charge on any atom is -0.411 e. The van der Waals surface area contributed by atoms with E-state index in [1.807, 2.05) is 46.2 Å². The number of rotatable bonds is 7. The zero-order valence-corrected chi connectivity index (χ0v) is 24.6. The van der Waals surface area contributed by atoms with Crippen LogP contribution in [0.5, 0.6) is 0 Å². The van der Waals surface area contributed by atoms with E-state index >= 15 is 0 Å². The van der Waals surface area contributed by atoms with Crippen LogP contribution in [-0.4, -0.2) is 31.5 Å². The van der Waals surface area contributed by atoms with Crippen LogP contribution in [0.1, 0.15) is 11.1 Å². The number of thiocarbonyl (C=S) groups is 2. The van der Waals surface area contributed by atoms with Crippen molar-refractivity contribution in [2.45, 2.75) is 13.1 Å². The van der Waals surface area contributed by atoms with Crippen molar-refractivity contribution in [2.24, 2.45) is 0 Å². The molecular weight excluding hydrogens is 451 g/mol. The first kappa shape index (κ1) is 27.9. The number of hydrogen-bond acceptors (Lipinski definition) is 4. The van der Waals surface area contributed by atoms with E-state index in [0.29, 0.717) is 34.8 Å². The van der Waals surface area contributed by atoms with Gasteiger partial charge in [0.2, 0.25) is 0 Å². The van der Waals surface area contributed by atoms with Crippen LogP contribution in [0.25, 0.3) is 0 Å². The van der Waals surface area contributed by atoms with E-state index < -0.39 is 0 Å². The first-order chi connectivity index (χ1) is 11.6. The molecule has 0 unspecified atom stereocenters. The fourth-order valence-electron chi connectivity index (χ4n) is 2.32. The molecule has 0 aliphatic rings. The van der Waals surface area contributed by atoms with Crippen molar-refractivity contribution in [1.82, 2.24) is 9.80 Å². The summed E-state index contributed by atoms with van der Waals surface area (Å²) in [5.41, 5.74) is 2.36. The van der Waals surface area contributed by atoms with Crippen molar-refractivity contribution in [3.05, 3.63) is 71.8 Å². The largest absolute Gasteiger partial charge is 1.00 e. The molecule has 0 amide bonds. The van der Waals surface area contributed by atoms with Gasteiger partial charge in [0.15, 0.2) is 0 Å². The Labute approximate surface area is 263 Å². The van der Waals surface area contributed by atoms with Gasteiger partial charge in [-0.3, -0.25) is 0 Å². The minimum atomic E-state index is 0. The molecule has 8 heteroatoms. The summed E-state index contributed by atoms with van der Waals surface area (Å²) in [7, 11) is 0. The van der Waals surface area contributed by atoms with Gasteiger partial charge >= 0.3 is 103 Å². The summed E-state index contributed by atoms with van der Waals surface area (Å²) in [6.07, 6.45) is 0. The second-order valence-electron chi connectivity index (χ2n) is 5.35. The fourth-order valence-corrected chi connectivity index (χ4v) is 2.94. The Balaban J connectivity index is 0.00000312. The number of benzene rings is 2. The van der Waals surface area contributed by atoms with Crippen LogP contribution < -0.4 is 103 Å². The number of nitrogens with zero attached hydrogens (tertiary/aromatic N) is 2. The van der Waals surface area contributed by atoms with Crippen LogP contribution in [0.15, 0.2) is 60.7 Å². The van der Waals surface area contributed by atoms with E-state index in [-0.39, 0.29) is 103 Å². The maximum Gasteiger partial charge on any atom is 1.00 e. The molecule has 0 aliphatic carbocycles.